The lowest BCUT2D eigenvalue weighted by atomic mass is 9.85. The lowest BCUT2D eigenvalue weighted by Crippen LogP contribution is -2.39. The van der Waals surface area contributed by atoms with E-state index in [9.17, 15) is 4.79 Å². The molecule has 110 valence electrons. The van der Waals surface area contributed by atoms with Crippen LogP contribution in [-0.4, -0.2) is 49.7 Å². The number of hydrogen-bond donors (Lipinski definition) is 1. The van der Waals surface area contributed by atoms with Crippen molar-refractivity contribution in [2.24, 2.45) is 11.8 Å². The van der Waals surface area contributed by atoms with E-state index in [4.69, 9.17) is 4.74 Å². The van der Waals surface area contributed by atoms with Gasteiger partial charge in [0.05, 0.1) is 6.10 Å². The predicted molar refractivity (Wildman–Crippen MR) is 76.0 cm³/mol. The van der Waals surface area contributed by atoms with Crippen LogP contribution in [0.25, 0.3) is 0 Å². The minimum atomic E-state index is 0.179. The summed E-state index contributed by atoms with van der Waals surface area (Å²) in [4.78, 5) is 14.4. The molecule has 2 rings (SSSR count). The van der Waals surface area contributed by atoms with Crippen molar-refractivity contribution < 1.29 is 9.53 Å². The minimum Gasteiger partial charge on any atom is -0.377 e. The third-order valence-electron chi connectivity index (χ3n) is 4.44. The second-order valence-corrected chi connectivity index (χ2v) is 6.16. The average Bonchev–Trinajstić information content (AvgIpc) is 2.64. The van der Waals surface area contributed by atoms with Crippen molar-refractivity contribution in [1.82, 2.24) is 10.2 Å². The van der Waals surface area contributed by atoms with E-state index in [1.54, 1.807) is 0 Å². The van der Waals surface area contributed by atoms with Gasteiger partial charge in [-0.05, 0) is 51.1 Å². The van der Waals surface area contributed by atoms with Crippen LogP contribution in [0, 0.1) is 11.8 Å². The van der Waals surface area contributed by atoms with Gasteiger partial charge in [0.25, 0.3) is 0 Å². The zero-order valence-electron chi connectivity index (χ0n) is 12.4. The Morgan fingerprint density at radius 1 is 1.47 bits per heavy atom. The zero-order chi connectivity index (χ0) is 13.7. The topological polar surface area (TPSA) is 41.6 Å². The summed E-state index contributed by atoms with van der Waals surface area (Å²) in [5.74, 6) is 1.47. The van der Waals surface area contributed by atoms with E-state index in [0.717, 1.165) is 39.2 Å². The SMILES string of the molecule is CC1CN(C(=O)CC(C)C2CCCNC2)CCCO1. The Labute approximate surface area is 116 Å². The van der Waals surface area contributed by atoms with E-state index in [1.165, 1.54) is 12.8 Å². The van der Waals surface area contributed by atoms with Crippen molar-refractivity contribution in [3.63, 3.8) is 0 Å². The highest BCUT2D eigenvalue weighted by Crippen LogP contribution is 2.23. The molecule has 3 unspecified atom stereocenters. The molecular weight excluding hydrogens is 240 g/mol. The second-order valence-electron chi connectivity index (χ2n) is 6.16. The smallest absolute Gasteiger partial charge is 0.222 e. The lowest BCUT2D eigenvalue weighted by Gasteiger charge is -2.30. The van der Waals surface area contributed by atoms with Gasteiger partial charge in [0, 0.05) is 26.1 Å². The summed E-state index contributed by atoms with van der Waals surface area (Å²) < 4.78 is 5.60. The molecular formula is C15H28N2O2. The second kappa shape index (κ2) is 7.25. The first-order chi connectivity index (χ1) is 9.16. The van der Waals surface area contributed by atoms with Crippen molar-refractivity contribution >= 4 is 5.91 Å². The molecule has 4 heteroatoms. The van der Waals surface area contributed by atoms with Crippen LogP contribution in [0.3, 0.4) is 0 Å². The van der Waals surface area contributed by atoms with Crippen molar-refractivity contribution in [1.29, 1.82) is 0 Å². The maximum atomic E-state index is 12.4. The van der Waals surface area contributed by atoms with Gasteiger partial charge >= 0.3 is 0 Å². The van der Waals surface area contributed by atoms with Gasteiger partial charge in [-0.1, -0.05) is 6.92 Å². The highest BCUT2D eigenvalue weighted by Gasteiger charge is 2.25. The number of nitrogens with zero attached hydrogens (tertiary/aromatic N) is 1. The standard InChI is InChI=1S/C15H28N2O2/c1-12(14-5-3-6-16-10-14)9-15(18)17-7-4-8-19-13(2)11-17/h12-14,16H,3-11H2,1-2H3. The Morgan fingerprint density at radius 3 is 3.05 bits per heavy atom. The first kappa shape index (κ1) is 14.8. The van der Waals surface area contributed by atoms with Gasteiger partial charge in [0.1, 0.15) is 0 Å². The third-order valence-corrected chi connectivity index (χ3v) is 4.44. The van der Waals surface area contributed by atoms with Gasteiger partial charge in [0.2, 0.25) is 5.91 Å². The van der Waals surface area contributed by atoms with E-state index < -0.39 is 0 Å². The molecule has 0 spiro atoms. The summed E-state index contributed by atoms with van der Waals surface area (Å²) in [6, 6.07) is 0. The fraction of sp³-hybridized carbons (Fsp3) is 0.933. The Bertz CT molecular complexity index is 290. The summed E-state index contributed by atoms with van der Waals surface area (Å²) in [7, 11) is 0. The highest BCUT2D eigenvalue weighted by molar-refractivity contribution is 5.76. The molecule has 1 N–H and O–H groups in total. The minimum absolute atomic E-state index is 0.179. The molecule has 2 aliphatic heterocycles. The van der Waals surface area contributed by atoms with Crippen LogP contribution in [0.1, 0.15) is 39.5 Å². The normalized spacial score (nSPS) is 30.7. The molecule has 0 bridgehead atoms. The maximum absolute atomic E-state index is 12.4. The van der Waals surface area contributed by atoms with Crippen LogP contribution in [0.2, 0.25) is 0 Å². The van der Waals surface area contributed by atoms with Gasteiger partial charge in [-0.3, -0.25) is 4.79 Å². The van der Waals surface area contributed by atoms with Gasteiger partial charge in [-0.25, -0.2) is 0 Å². The van der Waals surface area contributed by atoms with Gasteiger partial charge in [-0.2, -0.15) is 0 Å². The molecule has 2 heterocycles. The maximum Gasteiger partial charge on any atom is 0.222 e. The average molecular weight is 268 g/mol. The molecule has 2 aliphatic rings. The van der Waals surface area contributed by atoms with Crippen molar-refractivity contribution in [3.8, 4) is 0 Å². The van der Waals surface area contributed by atoms with Crippen LogP contribution in [0.5, 0.6) is 0 Å². The molecule has 1 amide bonds. The molecule has 0 aromatic carbocycles. The number of hydrogen-bond acceptors (Lipinski definition) is 3. The first-order valence-corrected chi connectivity index (χ1v) is 7.77. The summed E-state index contributed by atoms with van der Waals surface area (Å²) >= 11 is 0. The number of nitrogens with one attached hydrogen (secondary N) is 1. The Morgan fingerprint density at radius 2 is 2.32 bits per heavy atom. The van der Waals surface area contributed by atoms with Crippen molar-refractivity contribution in [3.05, 3.63) is 0 Å². The monoisotopic (exact) mass is 268 g/mol. The van der Waals surface area contributed by atoms with E-state index in [1.807, 2.05) is 4.90 Å². The number of piperidine rings is 1. The Hall–Kier alpha value is -0.610. The first-order valence-electron chi connectivity index (χ1n) is 7.77. The van der Waals surface area contributed by atoms with Gasteiger partial charge in [0.15, 0.2) is 0 Å². The summed E-state index contributed by atoms with van der Waals surface area (Å²) in [6.07, 6.45) is 4.35. The highest BCUT2D eigenvalue weighted by atomic mass is 16.5. The van der Waals surface area contributed by atoms with Crippen molar-refractivity contribution in [2.45, 2.75) is 45.6 Å². The van der Waals surface area contributed by atoms with E-state index in [0.29, 0.717) is 24.2 Å². The van der Waals surface area contributed by atoms with Crippen LogP contribution in [0.15, 0.2) is 0 Å². The number of ether oxygens (including phenoxy) is 1. The summed E-state index contributed by atoms with van der Waals surface area (Å²) in [6.45, 7) is 8.90. The zero-order valence-corrected chi connectivity index (χ0v) is 12.4. The van der Waals surface area contributed by atoms with E-state index in [-0.39, 0.29) is 6.10 Å². The summed E-state index contributed by atoms with van der Waals surface area (Å²) in [5.41, 5.74) is 0. The van der Waals surface area contributed by atoms with E-state index >= 15 is 0 Å². The van der Waals surface area contributed by atoms with E-state index in [2.05, 4.69) is 19.2 Å². The Kier molecular flexibility index (Phi) is 5.64. The molecule has 0 aromatic heterocycles. The van der Waals surface area contributed by atoms with Gasteiger partial charge < -0.3 is 15.0 Å². The predicted octanol–water partition coefficient (Wildman–Crippen LogP) is 1.65. The lowest BCUT2D eigenvalue weighted by molar-refractivity contribution is -0.133. The molecule has 3 atom stereocenters. The molecule has 0 radical (unpaired) electrons. The fourth-order valence-corrected chi connectivity index (χ4v) is 3.16. The molecule has 2 saturated heterocycles. The van der Waals surface area contributed by atoms with Crippen LogP contribution >= 0.6 is 0 Å². The molecule has 19 heavy (non-hydrogen) atoms. The molecule has 2 fully saturated rings. The quantitative estimate of drug-likeness (QED) is 0.846. The number of amides is 1. The molecule has 0 saturated carbocycles. The molecule has 4 nitrogen and oxygen atoms in total. The molecule has 0 aromatic rings. The Balaban J connectivity index is 1.81. The number of rotatable bonds is 3. The largest absolute Gasteiger partial charge is 0.377 e. The van der Waals surface area contributed by atoms with Crippen LogP contribution < -0.4 is 5.32 Å². The van der Waals surface area contributed by atoms with Gasteiger partial charge in [-0.15, -0.1) is 0 Å². The number of carbonyl (C=O) groups is 1. The van der Waals surface area contributed by atoms with Crippen LogP contribution in [-0.2, 0) is 9.53 Å². The van der Waals surface area contributed by atoms with Crippen molar-refractivity contribution in [2.75, 3.05) is 32.8 Å². The number of carbonyl (C=O) groups excluding carboxylic acids is 1. The third kappa shape index (κ3) is 4.46. The fourth-order valence-electron chi connectivity index (χ4n) is 3.16. The summed E-state index contributed by atoms with van der Waals surface area (Å²) in [5, 5.41) is 3.44. The molecule has 0 aliphatic carbocycles. The van der Waals surface area contributed by atoms with Crippen LogP contribution in [0.4, 0.5) is 0 Å².